The number of ether oxygens (including phenoxy) is 1. The lowest BCUT2D eigenvalue weighted by Crippen LogP contribution is -2.28. The second-order valence-corrected chi connectivity index (χ2v) is 5.09. The van der Waals surface area contributed by atoms with Crippen LogP contribution in [0.3, 0.4) is 0 Å². The summed E-state index contributed by atoms with van der Waals surface area (Å²) in [4.78, 5) is 11.1. The quantitative estimate of drug-likeness (QED) is 0.782. The molecule has 3 nitrogen and oxygen atoms in total. The highest BCUT2D eigenvalue weighted by molar-refractivity contribution is 5.71. The lowest BCUT2D eigenvalue weighted by molar-refractivity contribution is -0.143. The number of hydrogen-bond donors (Lipinski definition) is 1. The van der Waals surface area contributed by atoms with Gasteiger partial charge in [-0.3, -0.25) is 4.79 Å². The molecule has 0 saturated carbocycles. The van der Waals surface area contributed by atoms with E-state index in [9.17, 15) is 4.79 Å². The largest absolute Gasteiger partial charge is 0.481 e. The van der Waals surface area contributed by atoms with Gasteiger partial charge < -0.3 is 9.84 Å². The standard InChI is InChI=1S/C12H22O3/c1-5-9-8(11(13)14)7-10(15-9)12(3,4)6-2/h8-10H,5-7H2,1-4H3,(H,13,14). The van der Waals surface area contributed by atoms with Crippen LogP contribution < -0.4 is 0 Å². The Kier molecular flexibility index (Phi) is 3.77. The van der Waals surface area contributed by atoms with Crippen molar-refractivity contribution in [1.82, 2.24) is 0 Å². The molecule has 3 unspecified atom stereocenters. The molecule has 3 heteroatoms. The van der Waals surface area contributed by atoms with Gasteiger partial charge in [0, 0.05) is 0 Å². The number of carboxylic acid groups (broad SMARTS) is 1. The van der Waals surface area contributed by atoms with Gasteiger partial charge in [0.25, 0.3) is 0 Å². The van der Waals surface area contributed by atoms with E-state index in [1.54, 1.807) is 0 Å². The Labute approximate surface area is 91.8 Å². The van der Waals surface area contributed by atoms with Crippen molar-refractivity contribution < 1.29 is 14.6 Å². The molecule has 0 aromatic heterocycles. The first-order chi connectivity index (χ1) is 6.92. The van der Waals surface area contributed by atoms with Crippen molar-refractivity contribution in [2.24, 2.45) is 11.3 Å². The second kappa shape index (κ2) is 4.52. The average Bonchev–Trinajstić information content (AvgIpc) is 2.62. The van der Waals surface area contributed by atoms with Crippen LogP contribution in [0.25, 0.3) is 0 Å². The average molecular weight is 214 g/mol. The molecule has 1 saturated heterocycles. The minimum absolute atomic E-state index is 0.0810. The van der Waals surface area contributed by atoms with Crippen LogP contribution in [0, 0.1) is 11.3 Å². The van der Waals surface area contributed by atoms with Crippen molar-refractivity contribution in [3.8, 4) is 0 Å². The normalized spacial score (nSPS) is 31.9. The van der Waals surface area contributed by atoms with E-state index in [1.165, 1.54) is 0 Å². The second-order valence-electron chi connectivity index (χ2n) is 5.09. The van der Waals surface area contributed by atoms with Crippen molar-refractivity contribution in [2.75, 3.05) is 0 Å². The van der Waals surface area contributed by atoms with Crippen molar-refractivity contribution >= 4 is 5.97 Å². The summed E-state index contributed by atoms with van der Waals surface area (Å²) >= 11 is 0. The van der Waals surface area contributed by atoms with Crippen LogP contribution >= 0.6 is 0 Å². The first-order valence-electron chi connectivity index (χ1n) is 5.80. The van der Waals surface area contributed by atoms with E-state index in [-0.39, 0.29) is 23.5 Å². The van der Waals surface area contributed by atoms with E-state index in [0.717, 1.165) is 12.8 Å². The molecule has 1 aliphatic heterocycles. The molecule has 0 amide bonds. The molecule has 0 spiro atoms. The molecule has 1 heterocycles. The van der Waals surface area contributed by atoms with Gasteiger partial charge in [0.1, 0.15) is 0 Å². The lowest BCUT2D eigenvalue weighted by Gasteiger charge is -2.30. The van der Waals surface area contributed by atoms with Crippen LogP contribution in [0.5, 0.6) is 0 Å². The summed E-state index contributed by atoms with van der Waals surface area (Å²) in [6.45, 7) is 8.41. The molecule has 88 valence electrons. The zero-order chi connectivity index (χ0) is 11.6. The molecule has 1 N–H and O–H groups in total. The highest BCUT2D eigenvalue weighted by Gasteiger charge is 2.44. The first-order valence-corrected chi connectivity index (χ1v) is 5.80. The van der Waals surface area contributed by atoms with Gasteiger partial charge in [-0.2, -0.15) is 0 Å². The summed E-state index contributed by atoms with van der Waals surface area (Å²) < 4.78 is 5.86. The van der Waals surface area contributed by atoms with Gasteiger partial charge in [-0.15, -0.1) is 0 Å². The lowest BCUT2D eigenvalue weighted by atomic mass is 9.80. The topological polar surface area (TPSA) is 46.5 Å². The van der Waals surface area contributed by atoms with Crippen LogP contribution in [0.1, 0.15) is 47.0 Å². The van der Waals surface area contributed by atoms with Crippen molar-refractivity contribution in [3.63, 3.8) is 0 Å². The molecule has 1 fully saturated rings. The number of carbonyl (C=O) groups is 1. The maximum absolute atomic E-state index is 11.1. The molecule has 0 aliphatic carbocycles. The van der Waals surface area contributed by atoms with Gasteiger partial charge >= 0.3 is 5.97 Å². The minimum atomic E-state index is -0.712. The predicted molar refractivity (Wildman–Crippen MR) is 58.8 cm³/mol. The summed E-state index contributed by atoms with van der Waals surface area (Å²) in [7, 11) is 0. The summed E-state index contributed by atoms with van der Waals surface area (Å²) in [6, 6.07) is 0. The van der Waals surface area contributed by atoms with Gasteiger partial charge in [-0.1, -0.05) is 27.7 Å². The van der Waals surface area contributed by atoms with Gasteiger partial charge in [-0.25, -0.2) is 0 Å². The van der Waals surface area contributed by atoms with E-state index >= 15 is 0 Å². The van der Waals surface area contributed by atoms with Gasteiger partial charge in [0.15, 0.2) is 0 Å². The van der Waals surface area contributed by atoms with E-state index in [0.29, 0.717) is 6.42 Å². The van der Waals surface area contributed by atoms with Crippen LogP contribution in [-0.2, 0) is 9.53 Å². The van der Waals surface area contributed by atoms with Gasteiger partial charge in [0.05, 0.1) is 18.1 Å². The summed E-state index contributed by atoms with van der Waals surface area (Å²) in [6.07, 6.45) is 2.45. The number of aliphatic carboxylic acids is 1. The zero-order valence-corrected chi connectivity index (χ0v) is 10.1. The van der Waals surface area contributed by atoms with Crippen molar-refractivity contribution in [1.29, 1.82) is 0 Å². The highest BCUT2D eigenvalue weighted by atomic mass is 16.5. The molecule has 3 atom stereocenters. The molecule has 1 aliphatic rings. The van der Waals surface area contributed by atoms with Crippen molar-refractivity contribution in [3.05, 3.63) is 0 Å². The van der Waals surface area contributed by atoms with Gasteiger partial charge in [-0.05, 0) is 24.7 Å². The number of hydrogen-bond acceptors (Lipinski definition) is 2. The zero-order valence-electron chi connectivity index (χ0n) is 10.1. The Morgan fingerprint density at radius 3 is 2.40 bits per heavy atom. The predicted octanol–water partition coefficient (Wildman–Crippen LogP) is 2.69. The molecular formula is C12H22O3. The van der Waals surface area contributed by atoms with E-state index in [1.807, 2.05) is 6.92 Å². The van der Waals surface area contributed by atoms with Crippen LogP contribution in [0.4, 0.5) is 0 Å². The molecule has 0 aromatic rings. The molecule has 0 bridgehead atoms. The third kappa shape index (κ3) is 2.51. The number of carboxylic acids is 1. The Morgan fingerprint density at radius 1 is 1.47 bits per heavy atom. The Balaban J connectivity index is 2.72. The molecular weight excluding hydrogens is 192 g/mol. The first kappa shape index (κ1) is 12.5. The van der Waals surface area contributed by atoms with Crippen molar-refractivity contribution in [2.45, 2.75) is 59.2 Å². The van der Waals surface area contributed by atoms with Gasteiger partial charge in [0.2, 0.25) is 0 Å². The van der Waals surface area contributed by atoms with E-state index < -0.39 is 5.97 Å². The smallest absolute Gasteiger partial charge is 0.309 e. The molecule has 1 rings (SSSR count). The fraction of sp³-hybridized carbons (Fsp3) is 0.917. The SMILES string of the molecule is CCC1OC(C(C)(C)CC)CC1C(=O)O. The highest BCUT2D eigenvalue weighted by Crippen LogP contribution is 2.39. The summed E-state index contributed by atoms with van der Waals surface area (Å²) in [5, 5.41) is 9.09. The maximum atomic E-state index is 11.1. The van der Waals surface area contributed by atoms with E-state index in [2.05, 4.69) is 20.8 Å². The fourth-order valence-electron chi connectivity index (χ4n) is 2.12. The van der Waals surface area contributed by atoms with Crippen LogP contribution in [0.15, 0.2) is 0 Å². The van der Waals surface area contributed by atoms with Crippen LogP contribution in [-0.4, -0.2) is 23.3 Å². The Bertz CT molecular complexity index is 235. The Hall–Kier alpha value is -0.570. The fourth-order valence-corrected chi connectivity index (χ4v) is 2.12. The maximum Gasteiger partial charge on any atom is 0.309 e. The molecule has 0 aromatic carbocycles. The Morgan fingerprint density at radius 2 is 2.07 bits per heavy atom. The monoisotopic (exact) mass is 214 g/mol. The third-order valence-electron chi connectivity index (χ3n) is 3.76. The molecule has 15 heavy (non-hydrogen) atoms. The number of rotatable bonds is 4. The van der Waals surface area contributed by atoms with Crippen LogP contribution in [0.2, 0.25) is 0 Å². The van der Waals surface area contributed by atoms with E-state index in [4.69, 9.17) is 9.84 Å². The molecule has 0 radical (unpaired) electrons. The minimum Gasteiger partial charge on any atom is -0.481 e. The summed E-state index contributed by atoms with van der Waals surface area (Å²) in [5.74, 6) is -1.03. The third-order valence-corrected chi connectivity index (χ3v) is 3.76. The summed E-state index contributed by atoms with van der Waals surface area (Å²) in [5.41, 5.74) is 0.0810.